The minimum Gasteiger partial charge on any atom is -0.394 e. The standard InChI is InChI=1S/C82H164N2O30/c1-3-5-7-9-11-13-15-21-81(87)83(25-19-29-89-33-37-93-41-45-97-49-53-101-57-61-105-65-69-109-73-77-113-79-75-111-71-67-107-63-59-103-55-51-99-47-43-95-39-35-91-31-27-85)23-17-18-24-84(82(88)22-16-14-12-10-8-6-4-2)26-20-30-90-34-38-94-42-46-98-50-54-102-58-62-106-66-70-110-74-78-114-80-76-112-72-68-108-64-60-104-56-52-100-48-44-96-40-36-92-32-28-86/h85-86H,3-80H2,1-2H3. The Morgan fingerprint density at radius 2 is 0.298 bits per heavy atom. The lowest BCUT2D eigenvalue weighted by Crippen LogP contribution is -2.35. The summed E-state index contributed by atoms with van der Waals surface area (Å²) in [5.41, 5.74) is 0. The molecule has 0 aliphatic rings. The molecule has 682 valence electrons. The molecular weight excluding hydrogens is 1490 g/mol. The molecule has 2 amide bonds. The van der Waals surface area contributed by atoms with Crippen molar-refractivity contribution in [2.24, 2.45) is 0 Å². The lowest BCUT2D eigenvalue weighted by atomic mass is 10.1. The fourth-order valence-corrected chi connectivity index (χ4v) is 10.4. The summed E-state index contributed by atoms with van der Waals surface area (Å²) in [5, 5.41) is 17.3. The highest BCUT2D eigenvalue weighted by Gasteiger charge is 2.17. The summed E-state index contributed by atoms with van der Waals surface area (Å²) >= 11 is 0. The SMILES string of the molecule is CCCCCCCCCC(=O)N(CCCCN(CCCOCCOCCOCCOCCOCCOCCOCCOCCOCCOCCOCCOCCOCCO)C(=O)CCCCCCCCC)CCCOCCOCCOCCOCCOCCOCCOCCOCCOCCOCCOCCOCCOCCO. The molecule has 0 aromatic rings. The van der Waals surface area contributed by atoms with E-state index in [-0.39, 0.29) is 25.0 Å². The highest BCUT2D eigenvalue weighted by atomic mass is 16.6. The monoisotopic (exact) mass is 1660 g/mol. The van der Waals surface area contributed by atoms with Crippen LogP contribution in [0.1, 0.15) is 142 Å². The van der Waals surface area contributed by atoms with Gasteiger partial charge in [-0.25, -0.2) is 0 Å². The van der Waals surface area contributed by atoms with E-state index in [1.54, 1.807) is 0 Å². The maximum Gasteiger partial charge on any atom is 0.222 e. The second kappa shape index (κ2) is 103. The van der Waals surface area contributed by atoms with Crippen LogP contribution in [0.5, 0.6) is 0 Å². The van der Waals surface area contributed by atoms with Crippen LogP contribution in [-0.4, -0.2) is 415 Å². The van der Waals surface area contributed by atoms with Gasteiger partial charge in [0.15, 0.2) is 0 Å². The maximum atomic E-state index is 13.7. The van der Waals surface area contributed by atoms with Crippen LogP contribution in [0, 0.1) is 0 Å². The Morgan fingerprint density at radius 3 is 0.456 bits per heavy atom. The predicted octanol–water partition coefficient (Wildman–Crippen LogP) is 6.90. The molecular formula is C82H164N2O30. The predicted molar refractivity (Wildman–Crippen MR) is 432 cm³/mol. The molecule has 32 nitrogen and oxygen atoms in total. The van der Waals surface area contributed by atoms with Gasteiger partial charge >= 0.3 is 0 Å². The Bertz CT molecular complexity index is 1670. The van der Waals surface area contributed by atoms with Gasteiger partial charge in [-0.1, -0.05) is 90.9 Å². The van der Waals surface area contributed by atoms with Gasteiger partial charge in [-0.15, -0.1) is 0 Å². The molecule has 0 saturated carbocycles. The highest BCUT2D eigenvalue weighted by Crippen LogP contribution is 2.14. The number of ether oxygens (including phenoxy) is 26. The summed E-state index contributed by atoms with van der Waals surface area (Å²) in [5.74, 6) is 0.411. The molecule has 0 aromatic carbocycles. The molecule has 0 unspecified atom stereocenters. The minimum atomic E-state index is 0.0137. The number of unbranched alkanes of at least 4 members (excludes halogenated alkanes) is 13. The summed E-state index contributed by atoms with van der Waals surface area (Å²) in [6, 6.07) is 0. The lowest BCUT2D eigenvalue weighted by molar-refractivity contribution is -0.133. The zero-order chi connectivity index (χ0) is 81.8. The molecule has 0 aliphatic carbocycles. The second-order valence-corrected chi connectivity index (χ2v) is 26.3. The number of carbonyl (C=O) groups is 2. The quantitative estimate of drug-likeness (QED) is 0.0585. The Hall–Kier alpha value is -2.18. The van der Waals surface area contributed by atoms with Gasteiger partial charge in [0.1, 0.15) is 0 Å². The fraction of sp³-hybridized carbons (Fsp3) is 0.976. The van der Waals surface area contributed by atoms with Crippen molar-refractivity contribution in [2.45, 2.75) is 142 Å². The topological polar surface area (TPSA) is 321 Å². The number of hydrogen-bond donors (Lipinski definition) is 2. The molecule has 32 heteroatoms. The molecule has 0 spiro atoms. The average molecular weight is 1660 g/mol. The van der Waals surface area contributed by atoms with Crippen molar-refractivity contribution in [2.75, 3.05) is 383 Å². The van der Waals surface area contributed by atoms with Crippen LogP contribution in [0.3, 0.4) is 0 Å². The molecule has 114 heavy (non-hydrogen) atoms. The van der Waals surface area contributed by atoms with Gasteiger partial charge in [-0.2, -0.15) is 0 Å². The Balaban J connectivity index is 4.13. The normalized spacial score (nSPS) is 11.7. The summed E-state index contributed by atoms with van der Waals surface area (Å²) in [6.45, 7) is 31.6. The molecule has 0 fully saturated rings. The van der Waals surface area contributed by atoms with Crippen molar-refractivity contribution in [3.63, 3.8) is 0 Å². The Kier molecular flexibility index (Phi) is 101. The first-order chi connectivity index (χ1) is 56.6. The van der Waals surface area contributed by atoms with E-state index in [4.69, 9.17) is 133 Å². The van der Waals surface area contributed by atoms with Crippen molar-refractivity contribution in [1.29, 1.82) is 0 Å². The van der Waals surface area contributed by atoms with E-state index in [0.29, 0.717) is 383 Å². The van der Waals surface area contributed by atoms with Crippen molar-refractivity contribution >= 4 is 11.8 Å². The smallest absolute Gasteiger partial charge is 0.222 e. The van der Waals surface area contributed by atoms with E-state index in [0.717, 1.165) is 51.4 Å². The number of aliphatic hydroxyl groups is 2. The third-order valence-electron chi connectivity index (χ3n) is 16.6. The molecule has 2 N–H and O–H groups in total. The number of rotatable bonds is 105. The molecule has 0 bridgehead atoms. The summed E-state index contributed by atoms with van der Waals surface area (Å²) in [4.78, 5) is 31.3. The van der Waals surface area contributed by atoms with Crippen LogP contribution in [-0.2, 0) is 133 Å². The van der Waals surface area contributed by atoms with Crippen LogP contribution in [0.15, 0.2) is 0 Å². The first-order valence-electron chi connectivity index (χ1n) is 43.4. The number of aliphatic hydroxyl groups excluding tert-OH is 2. The third-order valence-corrected chi connectivity index (χ3v) is 16.6. The zero-order valence-electron chi connectivity index (χ0n) is 71.4. The van der Waals surface area contributed by atoms with Gasteiger partial charge in [-0.05, 0) is 38.5 Å². The second-order valence-electron chi connectivity index (χ2n) is 26.3. The highest BCUT2D eigenvalue weighted by molar-refractivity contribution is 5.76. The molecule has 0 saturated heterocycles. The van der Waals surface area contributed by atoms with Crippen LogP contribution in [0.4, 0.5) is 0 Å². The van der Waals surface area contributed by atoms with E-state index in [1.807, 2.05) is 9.80 Å². The number of amides is 2. The Labute approximate surface area is 687 Å². The van der Waals surface area contributed by atoms with Gasteiger partial charge in [0, 0.05) is 52.2 Å². The summed E-state index contributed by atoms with van der Waals surface area (Å²) in [6.07, 6.45) is 20.5. The molecule has 0 heterocycles. The van der Waals surface area contributed by atoms with Crippen molar-refractivity contribution in [1.82, 2.24) is 9.80 Å². The van der Waals surface area contributed by atoms with E-state index >= 15 is 0 Å². The van der Waals surface area contributed by atoms with Gasteiger partial charge in [-0.3, -0.25) is 9.59 Å². The summed E-state index contributed by atoms with van der Waals surface area (Å²) < 4.78 is 144. The Morgan fingerprint density at radius 1 is 0.167 bits per heavy atom. The van der Waals surface area contributed by atoms with Gasteiger partial charge in [0.2, 0.25) is 11.8 Å². The van der Waals surface area contributed by atoms with E-state index in [1.165, 1.54) is 64.2 Å². The van der Waals surface area contributed by atoms with Crippen molar-refractivity contribution < 1.29 is 143 Å². The molecule has 0 aromatic heterocycles. The third kappa shape index (κ3) is 95.3. The number of nitrogens with zero attached hydrogens (tertiary/aromatic N) is 2. The van der Waals surface area contributed by atoms with Crippen LogP contribution < -0.4 is 0 Å². The van der Waals surface area contributed by atoms with E-state index in [9.17, 15) is 9.59 Å². The van der Waals surface area contributed by atoms with Gasteiger partial charge in [0.25, 0.3) is 0 Å². The molecule has 0 aliphatic heterocycles. The molecule has 0 rings (SSSR count). The number of hydrogen-bond acceptors (Lipinski definition) is 30. The van der Waals surface area contributed by atoms with Crippen LogP contribution >= 0.6 is 0 Å². The van der Waals surface area contributed by atoms with Crippen molar-refractivity contribution in [3.05, 3.63) is 0 Å². The minimum absolute atomic E-state index is 0.0137. The van der Waals surface area contributed by atoms with Crippen LogP contribution in [0.2, 0.25) is 0 Å². The molecule has 0 radical (unpaired) electrons. The van der Waals surface area contributed by atoms with E-state index < -0.39 is 0 Å². The first-order valence-corrected chi connectivity index (χ1v) is 43.4. The van der Waals surface area contributed by atoms with Gasteiger partial charge < -0.3 is 143 Å². The average Bonchev–Trinajstić information content (AvgIpc) is 0.930. The molecule has 0 atom stereocenters. The van der Waals surface area contributed by atoms with Crippen molar-refractivity contribution in [3.8, 4) is 0 Å². The van der Waals surface area contributed by atoms with E-state index in [2.05, 4.69) is 13.8 Å². The lowest BCUT2D eigenvalue weighted by Gasteiger charge is -2.25. The first kappa shape index (κ1) is 112. The fourth-order valence-electron chi connectivity index (χ4n) is 10.4. The van der Waals surface area contributed by atoms with Gasteiger partial charge in [0.05, 0.1) is 344 Å². The number of carbonyl (C=O) groups excluding carboxylic acids is 2. The van der Waals surface area contributed by atoms with Crippen LogP contribution in [0.25, 0.3) is 0 Å². The zero-order valence-corrected chi connectivity index (χ0v) is 71.4. The summed E-state index contributed by atoms with van der Waals surface area (Å²) in [7, 11) is 0. The maximum absolute atomic E-state index is 13.7. The largest absolute Gasteiger partial charge is 0.394 e.